The van der Waals surface area contributed by atoms with E-state index >= 15 is 0 Å². The van der Waals surface area contributed by atoms with Gasteiger partial charge >= 0.3 is 0 Å². The van der Waals surface area contributed by atoms with Gasteiger partial charge in [-0.3, -0.25) is 9.79 Å². The third kappa shape index (κ3) is 3.65. The molecule has 0 unspecified atom stereocenters. The molecule has 1 amide bonds. The van der Waals surface area contributed by atoms with Gasteiger partial charge in [0, 0.05) is 24.9 Å². The van der Waals surface area contributed by atoms with Crippen LogP contribution in [0.3, 0.4) is 0 Å². The minimum absolute atomic E-state index is 0.0924. The monoisotopic (exact) mass is 364 g/mol. The molecular weight excluding hydrogens is 344 g/mol. The number of anilines is 1. The van der Waals surface area contributed by atoms with E-state index in [2.05, 4.69) is 23.5 Å². The van der Waals surface area contributed by atoms with Crippen LogP contribution in [0.4, 0.5) is 5.69 Å². The molecule has 0 saturated carbocycles. The number of aryl methyl sites for hydroxylation is 1. The van der Waals surface area contributed by atoms with Crippen LogP contribution in [0.25, 0.3) is 0 Å². The highest BCUT2D eigenvalue weighted by Gasteiger charge is 2.20. The summed E-state index contributed by atoms with van der Waals surface area (Å²) in [5, 5.41) is 10.4. The Hall–Kier alpha value is -2.60. The van der Waals surface area contributed by atoms with E-state index in [1.165, 1.54) is 11.1 Å². The summed E-state index contributed by atoms with van der Waals surface area (Å²) >= 11 is 1.71. The number of thioether (sulfide) groups is 1. The fraction of sp³-hybridized carbons (Fsp3) is 0.250. The number of amides is 1. The molecule has 0 aromatic heterocycles. The van der Waals surface area contributed by atoms with Crippen molar-refractivity contribution < 1.29 is 4.79 Å². The van der Waals surface area contributed by atoms with Crippen molar-refractivity contribution in [3.63, 3.8) is 0 Å². The van der Waals surface area contributed by atoms with E-state index in [0.717, 1.165) is 34.3 Å². The Morgan fingerprint density at radius 1 is 1.19 bits per heavy atom. The first-order chi connectivity index (χ1) is 12.7. The Bertz CT molecular complexity index is 892. The first-order valence-electron chi connectivity index (χ1n) is 8.64. The molecule has 1 N–H and O–H groups in total. The zero-order valence-electron chi connectivity index (χ0n) is 14.6. The molecule has 0 saturated heterocycles. The fourth-order valence-corrected chi connectivity index (χ4v) is 3.95. The molecule has 0 radical (unpaired) electrons. The molecule has 4 rings (SSSR count). The summed E-state index contributed by atoms with van der Waals surface area (Å²) in [6, 6.07) is 16.4. The lowest BCUT2D eigenvalue weighted by atomic mass is 9.99. The van der Waals surface area contributed by atoms with Gasteiger partial charge in [0.25, 0.3) is 0 Å². The molecule has 2 aliphatic heterocycles. The molecule has 5 nitrogen and oxygen atoms in total. The topological polar surface area (TPSA) is 57.1 Å². The standard InChI is InChI=1S/C20H20N4OS/c1-24-20(21-12-14-5-3-2-4-6-14)26-13-18(23-24)16-7-9-17-15(11-16)8-10-19(25)22-17/h2-7,9,11H,8,10,12-13H2,1H3,(H,22,25). The summed E-state index contributed by atoms with van der Waals surface area (Å²) < 4.78 is 0. The minimum atomic E-state index is 0.0924. The summed E-state index contributed by atoms with van der Waals surface area (Å²) in [6.07, 6.45) is 1.34. The molecule has 2 aliphatic rings. The third-order valence-electron chi connectivity index (χ3n) is 4.46. The molecule has 0 spiro atoms. The number of aliphatic imine (C=N–C) groups is 1. The SMILES string of the molecule is CN1N=C(c2ccc3c(c2)CCC(=O)N3)CSC1=NCc1ccccc1. The second-order valence-corrected chi connectivity index (χ2v) is 7.31. The highest BCUT2D eigenvalue weighted by molar-refractivity contribution is 8.14. The van der Waals surface area contributed by atoms with E-state index in [-0.39, 0.29) is 5.91 Å². The number of hydrogen-bond donors (Lipinski definition) is 1. The van der Waals surface area contributed by atoms with E-state index in [4.69, 9.17) is 10.1 Å². The van der Waals surface area contributed by atoms with Gasteiger partial charge in [-0.25, -0.2) is 5.01 Å². The number of nitrogens with zero attached hydrogens (tertiary/aromatic N) is 3. The van der Waals surface area contributed by atoms with Crippen molar-refractivity contribution in [2.75, 3.05) is 18.1 Å². The summed E-state index contributed by atoms with van der Waals surface area (Å²) in [4.78, 5) is 16.2. The van der Waals surface area contributed by atoms with Crippen LogP contribution < -0.4 is 5.32 Å². The van der Waals surface area contributed by atoms with E-state index in [1.807, 2.05) is 42.4 Å². The van der Waals surface area contributed by atoms with Crippen LogP contribution in [0, 0.1) is 0 Å². The number of hydrogen-bond acceptors (Lipinski definition) is 4. The van der Waals surface area contributed by atoms with Gasteiger partial charge in [0.2, 0.25) is 5.91 Å². The number of carbonyl (C=O) groups is 1. The summed E-state index contributed by atoms with van der Waals surface area (Å²) in [5.74, 6) is 0.887. The average Bonchev–Trinajstić information content (AvgIpc) is 2.67. The first-order valence-corrected chi connectivity index (χ1v) is 9.63. The van der Waals surface area contributed by atoms with Crippen molar-refractivity contribution in [2.45, 2.75) is 19.4 Å². The van der Waals surface area contributed by atoms with Crippen molar-refractivity contribution in [2.24, 2.45) is 10.1 Å². The summed E-state index contributed by atoms with van der Waals surface area (Å²) in [6.45, 7) is 0.664. The Balaban J connectivity index is 1.50. The zero-order valence-corrected chi connectivity index (χ0v) is 15.4. The van der Waals surface area contributed by atoms with Gasteiger partial charge in [0.05, 0.1) is 12.3 Å². The molecule has 0 aliphatic carbocycles. The molecule has 2 aromatic carbocycles. The number of carbonyl (C=O) groups excluding carboxylic acids is 1. The number of nitrogens with one attached hydrogen (secondary N) is 1. The molecule has 26 heavy (non-hydrogen) atoms. The van der Waals surface area contributed by atoms with Gasteiger partial charge in [0.15, 0.2) is 5.17 Å². The molecule has 0 fully saturated rings. The Morgan fingerprint density at radius 3 is 2.85 bits per heavy atom. The first kappa shape index (κ1) is 16.8. The molecule has 2 heterocycles. The maximum absolute atomic E-state index is 11.5. The van der Waals surface area contributed by atoms with E-state index < -0.39 is 0 Å². The van der Waals surface area contributed by atoms with Gasteiger partial charge < -0.3 is 5.32 Å². The van der Waals surface area contributed by atoms with Gasteiger partial charge in [-0.2, -0.15) is 5.10 Å². The normalized spacial score (nSPS) is 18.3. The van der Waals surface area contributed by atoms with Gasteiger partial charge in [-0.1, -0.05) is 48.2 Å². The second kappa shape index (κ2) is 7.33. The van der Waals surface area contributed by atoms with Crippen LogP contribution in [0.1, 0.15) is 23.1 Å². The van der Waals surface area contributed by atoms with Crippen LogP contribution >= 0.6 is 11.8 Å². The number of rotatable bonds is 3. The van der Waals surface area contributed by atoms with Crippen LogP contribution in [-0.2, 0) is 17.8 Å². The molecule has 132 valence electrons. The lowest BCUT2D eigenvalue weighted by Gasteiger charge is -2.24. The number of benzene rings is 2. The van der Waals surface area contributed by atoms with Crippen molar-refractivity contribution in [3.8, 4) is 0 Å². The number of amidine groups is 1. The van der Waals surface area contributed by atoms with E-state index in [1.54, 1.807) is 11.8 Å². The molecule has 2 aromatic rings. The van der Waals surface area contributed by atoms with E-state index in [0.29, 0.717) is 13.0 Å². The fourth-order valence-electron chi connectivity index (χ4n) is 3.07. The van der Waals surface area contributed by atoms with Crippen LogP contribution in [-0.4, -0.2) is 34.6 Å². The highest BCUT2D eigenvalue weighted by atomic mass is 32.2. The van der Waals surface area contributed by atoms with Gasteiger partial charge in [0.1, 0.15) is 0 Å². The number of hydrazone groups is 1. The molecule has 6 heteroatoms. The highest BCUT2D eigenvalue weighted by Crippen LogP contribution is 2.26. The third-order valence-corrected chi connectivity index (χ3v) is 5.53. The predicted octanol–water partition coefficient (Wildman–Crippen LogP) is 3.51. The maximum atomic E-state index is 11.5. The largest absolute Gasteiger partial charge is 0.326 e. The van der Waals surface area contributed by atoms with Crippen molar-refractivity contribution in [3.05, 3.63) is 65.2 Å². The predicted molar refractivity (Wildman–Crippen MR) is 108 cm³/mol. The zero-order chi connectivity index (χ0) is 17.9. The molecule has 0 bridgehead atoms. The van der Waals surface area contributed by atoms with Crippen LogP contribution in [0.15, 0.2) is 58.6 Å². The molecule has 0 atom stereocenters. The Kier molecular flexibility index (Phi) is 4.75. The maximum Gasteiger partial charge on any atom is 0.224 e. The minimum Gasteiger partial charge on any atom is -0.326 e. The lowest BCUT2D eigenvalue weighted by Crippen LogP contribution is -2.28. The summed E-state index contributed by atoms with van der Waals surface area (Å²) in [5.41, 5.74) is 5.45. The van der Waals surface area contributed by atoms with Gasteiger partial charge in [-0.15, -0.1) is 0 Å². The lowest BCUT2D eigenvalue weighted by molar-refractivity contribution is -0.116. The summed E-state index contributed by atoms with van der Waals surface area (Å²) in [7, 11) is 1.94. The van der Waals surface area contributed by atoms with Crippen molar-refractivity contribution in [1.29, 1.82) is 0 Å². The second-order valence-electron chi connectivity index (χ2n) is 6.36. The van der Waals surface area contributed by atoms with Crippen molar-refractivity contribution >= 4 is 34.2 Å². The number of fused-ring (bicyclic) bond motifs is 1. The quantitative estimate of drug-likeness (QED) is 0.907. The Labute approximate surface area is 157 Å². The Morgan fingerprint density at radius 2 is 2.04 bits per heavy atom. The van der Waals surface area contributed by atoms with Gasteiger partial charge in [-0.05, 0) is 35.2 Å². The molecular formula is C20H20N4OS. The van der Waals surface area contributed by atoms with Crippen molar-refractivity contribution in [1.82, 2.24) is 5.01 Å². The average molecular weight is 364 g/mol. The van der Waals surface area contributed by atoms with Crippen LogP contribution in [0.2, 0.25) is 0 Å². The smallest absolute Gasteiger partial charge is 0.224 e. The van der Waals surface area contributed by atoms with E-state index in [9.17, 15) is 4.79 Å². The van der Waals surface area contributed by atoms with Crippen LogP contribution in [0.5, 0.6) is 0 Å².